The highest BCUT2D eigenvalue weighted by molar-refractivity contribution is 14.1. The lowest BCUT2D eigenvalue weighted by atomic mass is 10.1. The monoisotopic (exact) mass is 352 g/mol. The lowest BCUT2D eigenvalue weighted by molar-refractivity contribution is 0.0921. The van der Waals surface area contributed by atoms with Crippen molar-refractivity contribution in [2.75, 3.05) is 6.61 Å². The minimum atomic E-state index is -0.00568. The predicted octanol–water partition coefficient (Wildman–Crippen LogP) is 3.86. The number of Topliss-reactive ketones (excluding diaryl/α,β-unsaturated/α-hetero) is 1. The van der Waals surface area contributed by atoms with Crippen LogP contribution in [0.1, 0.15) is 15.9 Å². The molecule has 3 heteroatoms. The molecule has 0 fully saturated rings. The molecule has 2 nitrogen and oxygen atoms in total. The molecule has 0 saturated heterocycles. The van der Waals surface area contributed by atoms with Crippen molar-refractivity contribution in [2.45, 2.75) is 6.92 Å². The van der Waals surface area contributed by atoms with Gasteiger partial charge < -0.3 is 4.74 Å². The van der Waals surface area contributed by atoms with Crippen molar-refractivity contribution in [1.29, 1.82) is 0 Å². The Hall–Kier alpha value is -1.36. The average molecular weight is 352 g/mol. The van der Waals surface area contributed by atoms with E-state index in [0.717, 1.165) is 14.9 Å². The van der Waals surface area contributed by atoms with Crippen molar-refractivity contribution < 1.29 is 9.53 Å². The summed E-state index contributed by atoms with van der Waals surface area (Å²) in [6.45, 7) is 2.07. The molecule has 0 unspecified atom stereocenters. The minimum Gasteiger partial charge on any atom is -0.485 e. The molecule has 0 spiro atoms. The molecule has 2 aromatic rings. The number of hydrogen-bond acceptors (Lipinski definition) is 2. The summed E-state index contributed by atoms with van der Waals surface area (Å²) in [4.78, 5) is 11.9. The number of ether oxygens (including phenoxy) is 1. The lowest BCUT2D eigenvalue weighted by Gasteiger charge is -2.06. The molecule has 92 valence electrons. The number of ketones is 1. The zero-order valence-electron chi connectivity index (χ0n) is 10.0. The standard InChI is InChI=1S/C15H13IO2/c1-11-5-7-12(8-6-11)15(17)10-18-14-4-2-3-13(16)9-14/h2-9H,10H2,1H3. The van der Waals surface area contributed by atoms with Gasteiger partial charge in [-0.05, 0) is 47.7 Å². The quantitative estimate of drug-likeness (QED) is 0.617. The third-order valence-corrected chi connectivity index (χ3v) is 3.21. The summed E-state index contributed by atoms with van der Waals surface area (Å²) < 4.78 is 6.57. The fraction of sp³-hybridized carbons (Fsp3) is 0.133. The summed E-state index contributed by atoms with van der Waals surface area (Å²) in [5.41, 5.74) is 1.83. The molecule has 0 atom stereocenters. The molecular weight excluding hydrogens is 339 g/mol. The van der Waals surface area contributed by atoms with Gasteiger partial charge in [0.25, 0.3) is 0 Å². The second-order valence-electron chi connectivity index (χ2n) is 4.04. The molecule has 0 amide bonds. The summed E-state index contributed by atoms with van der Waals surface area (Å²) >= 11 is 2.21. The number of benzene rings is 2. The number of rotatable bonds is 4. The lowest BCUT2D eigenvalue weighted by Crippen LogP contribution is -2.11. The Morgan fingerprint density at radius 1 is 1.17 bits per heavy atom. The summed E-state index contributed by atoms with van der Waals surface area (Å²) in [6, 6.07) is 15.2. The average Bonchev–Trinajstić information content (AvgIpc) is 2.37. The van der Waals surface area contributed by atoms with Crippen LogP contribution in [0.3, 0.4) is 0 Å². The van der Waals surface area contributed by atoms with Crippen LogP contribution in [-0.4, -0.2) is 12.4 Å². The predicted molar refractivity (Wildman–Crippen MR) is 80.2 cm³/mol. The van der Waals surface area contributed by atoms with Gasteiger partial charge in [-0.25, -0.2) is 0 Å². The van der Waals surface area contributed by atoms with Gasteiger partial charge in [0.1, 0.15) is 5.75 Å². The Kier molecular flexibility index (Phi) is 4.36. The molecule has 2 rings (SSSR count). The van der Waals surface area contributed by atoms with E-state index in [1.807, 2.05) is 55.5 Å². The molecular formula is C15H13IO2. The highest BCUT2D eigenvalue weighted by atomic mass is 127. The van der Waals surface area contributed by atoms with E-state index in [4.69, 9.17) is 4.74 Å². The maximum atomic E-state index is 11.9. The topological polar surface area (TPSA) is 26.3 Å². The number of carbonyl (C=O) groups excluding carboxylic acids is 1. The van der Waals surface area contributed by atoms with Gasteiger partial charge in [-0.3, -0.25) is 4.79 Å². The SMILES string of the molecule is Cc1ccc(C(=O)COc2cccc(I)c2)cc1. The smallest absolute Gasteiger partial charge is 0.200 e. The first-order valence-corrected chi connectivity index (χ1v) is 6.71. The molecule has 0 aliphatic rings. The fourth-order valence-electron chi connectivity index (χ4n) is 1.53. The molecule has 0 heterocycles. The van der Waals surface area contributed by atoms with E-state index in [-0.39, 0.29) is 12.4 Å². The Morgan fingerprint density at radius 2 is 1.89 bits per heavy atom. The summed E-state index contributed by atoms with van der Waals surface area (Å²) in [6.07, 6.45) is 0. The van der Waals surface area contributed by atoms with Gasteiger partial charge in [-0.15, -0.1) is 0 Å². The second kappa shape index (κ2) is 6.00. The maximum absolute atomic E-state index is 11.9. The van der Waals surface area contributed by atoms with Crippen LogP contribution in [0.2, 0.25) is 0 Å². The second-order valence-corrected chi connectivity index (χ2v) is 5.28. The fourth-order valence-corrected chi connectivity index (χ4v) is 2.04. The van der Waals surface area contributed by atoms with Crippen LogP contribution in [0.15, 0.2) is 48.5 Å². The summed E-state index contributed by atoms with van der Waals surface area (Å²) in [7, 11) is 0. The first-order chi connectivity index (χ1) is 8.65. The van der Waals surface area contributed by atoms with Crippen LogP contribution in [0.25, 0.3) is 0 Å². The first kappa shape index (κ1) is 13.1. The third kappa shape index (κ3) is 3.57. The van der Waals surface area contributed by atoms with Crippen molar-refractivity contribution >= 4 is 28.4 Å². The van der Waals surface area contributed by atoms with Gasteiger partial charge in [0, 0.05) is 9.13 Å². The van der Waals surface area contributed by atoms with Crippen LogP contribution in [0, 0.1) is 10.5 Å². The molecule has 0 aliphatic heterocycles. The Labute approximate surface area is 120 Å². The van der Waals surface area contributed by atoms with Gasteiger partial charge in [-0.1, -0.05) is 35.9 Å². The van der Waals surface area contributed by atoms with E-state index in [2.05, 4.69) is 22.6 Å². The van der Waals surface area contributed by atoms with Gasteiger partial charge >= 0.3 is 0 Å². The highest BCUT2D eigenvalue weighted by Gasteiger charge is 2.06. The molecule has 18 heavy (non-hydrogen) atoms. The Bertz CT molecular complexity index is 547. The van der Waals surface area contributed by atoms with Crippen molar-refractivity contribution in [1.82, 2.24) is 0 Å². The van der Waals surface area contributed by atoms with E-state index in [9.17, 15) is 4.79 Å². The largest absolute Gasteiger partial charge is 0.485 e. The van der Waals surface area contributed by atoms with Crippen molar-refractivity contribution in [2.24, 2.45) is 0 Å². The van der Waals surface area contributed by atoms with Gasteiger partial charge in [0.15, 0.2) is 12.4 Å². The van der Waals surface area contributed by atoms with Crippen LogP contribution in [0.4, 0.5) is 0 Å². The molecule has 0 aromatic heterocycles. The van der Waals surface area contributed by atoms with E-state index in [0.29, 0.717) is 5.56 Å². The van der Waals surface area contributed by atoms with Crippen molar-refractivity contribution in [3.63, 3.8) is 0 Å². The van der Waals surface area contributed by atoms with Gasteiger partial charge in [-0.2, -0.15) is 0 Å². The molecule has 0 aliphatic carbocycles. The van der Waals surface area contributed by atoms with Crippen LogP contribution < -0.4 is 4.74 Å². The van der Waals surface area contributed by atoms with Gasteiger partial charge in [0.05, 0.1) is 0 Å². The minimum absolute atomic E-state index is 0.00568. The molecule has 0 saturated carbocycles. The van der Waals surface area contributed by atoms with E-state index in [1.165, 1.54) is 0 Å². The summed E-state index contributed by atoms with van der Waals surface area (Å²) in [5.74, 6) is 0.719. The number of halogens is 1. The van der Waals surface area contributed by atoms with Crippen molar-refractivity contribution in [3.05, 3.63) is 63.2 Å². The number of hydrogen-bond donors (Lipinski definition) is 0. The van der Waals surface area contributed by atoms with E-state index in [1.54, 1.807) is 0 Å². The van der Waals surface area contributed by atoms with E-state index < -0.39 is 0 Å². The van der Waals surface area contributed by atoms with Gasteiger partial charge in [0.2, 0.25) is 0 Å². The molecule has 2 aromatic carbocycles. The third-order valence-electron chi connectivity index (χ3n) is 2.54. The van der Waals surface area contributed by atoms with Crippen LogP contribution in [0.5, 0.6) is 5.75 Å². The van der Waals surface area contributed by atoms with Crippen LogP contribution in [-0.2, 0) is 0 Å². The maximum Gasteiger partial charge on any atom is 0.200 e. The highest BCUT2D eigenvalue weighted by Crippen LogP contribution is 2.15. The zero-order valence-corrected chi connectivity index (χ0v) is 12.2. The number of carbonyl (C=O) groups is 1. The normalized spacial score (nSPS) is 10.1. The van der Waals surface area contributed by atoms with Crippen LogP contribution >= 0.6 is 22.6 Å². The zero-order chi connectivity index (χ0) is 13.0. The Balaban J connectivity index is 1.98. The molecule has 0 N–H and O–H groups in total. The molecule has 0 radical (unpaired) electrons. The first-order valence-electron chi connectivity index (χ1n) is 5.63. The summed E-state index contributed by atoms with van der Waals surface area (Å²) in [5, 5.41) is 0. The van der Waals surface area contributed by atoms with E-state index >= 15 is 0 Å². The van der Waals surface area contributed by atoms with Crippen molar-refractivity contribution in [3.8, 4) is 5.75 Å². The molecule has 0 bridgehead atoms. The number of aryl methyl sites for hydroxylation is 1. The Morgan fingerprint density at radius 3 is 2.56 bits per heavy atom.